The Balaban J connectivity index is 2.86. The Morgan fingerprint density at radius 3 is 2.61 bits per heavy atom. The Morgan fingerprint density at radius 1 is 1.44 bits per heavy atom. The number of nitrogens with zero attached hydrogens (tertiary/aromatic N) is 4. The van der Waals surface area contributed by atoms with Crippen molar-refractivity contribution >= 4 is 11.6 Å². The van der Waals surface area contributed by atoms with Gasteiger partial charge >= 0.3 is 0 Å². The van der Waals surface area contributed by atoms with E-state index in [0.29, 0.717) is 18.8 Å². The van der Waals surface area contributed by atoms with E-state index in [4.69, 9.17) is 5.73 Å². The lowest BCUT2D eigenvalue weighted by Gasteiger charge is -2.18. The van der Waals surface area contributed by atoms with Gasteiger partial charge in [0.1, 0.15) is 6.54 Å². The van der Waals surface area contributed by atoms with E-state index in [1.165, 1.54) is 11.0 Å². The zero-order valence-electron chi connectivity index (χ0n) is 11.0. The summed E-state index contributed by atoms with van der Waals surface area (Å²) in [6, 6.07) is 1.45. The highest BCUT2D eigenvalue weighted by Crippen LogP contribution is 2.05. The number of carbonyl (C=O) groups excluding carboxylic acids is 1. The summed E-state index contributed by atoms with van der Waals surface area (Å²) in [5, 5.41) is 3.98. The van der Waals surface area contributed by atoms with Gasteiger partial charge in [0.05, 0.1) is 11.9 Å². The molecule has 18 heavy (non-hydrogen) atoms. The lowest BCUT2D eigenvalue weighted by molar-refractivity contribution is -0.129. The number of rotatable bonds is 5. The average Bonchev–Trinajstić information content (AvgIpc) is 2.31. The molecule has 0 spiro atoms. The van der Waals surface area contributed by atoms with Gasteiger partial charge in [0.15, 0.2) is 0 Å². The topological polar surface area (TPSA) is 84.5 Å². The Bertz CT molecular complexity index is 469. The van der Waals surface area contributed by atoms with E-state index >= 15 is 0 Å². The normalized spacial score (nSPS) is 10.2. The molecule has 0 saturated carbocycles. The van der Waals surface area contributed by atoms with Gasteiger partial charge in [0, 0.05) is 40.3 Å². The fourth-order valence-corrected chi connectivity index (χ4v) is 1.34. The van der Waals surface area contributed by atoms with E-state index in [1.807, 2.05) is 11.9 Å². The molecule has 7 nitrogen and oxygen atoms in total. The van der Waals surface area contributed by atoms with Gasteiger partial charge in [-0.15, -0.1) is 0 Å². The van der Waals surface area contributed by atoms with Crippen LogP contribution in [0.3, 0.4) is 0 Å². The van der Waals surface area contributed by atoms with Crippen molar-refractivity contribution in [3.05, 3.63) is 22.6 Å². The average molecular weight is 253 g/mol. The van der Waals surface area contributed by atoms with E-state index < -0.39 is 0 Å². The van der Waals surface area contributed by atoms with E-state index in [0.717, 1.165) is 4.68 Å². The third kappa shape index (κ3) is 3.56. The van der Waals surface area contributed by atoms with Crippen LogP contribution in [0.1, 0.15) is 0 Å². The molecule has 0 aliphatic carbocycles. The van der Waals surface area contributed by atoms with Crippen LogP contribution < -0.4 is 16.2 Å². The van der Waals surface area contributed by atoms with Gasteiger partial charge in [-0.3, -0.25) is 9.59 Å². The maximum atomic E-state index is 11.8. The molecule has 0 unspecified atom stereocenters. The van der Waals surface area contributed by atoms with Crippen molar-refractivity contribution in [1.29, 1.82) is 0 Å². The highest BCUT2D eigenvalue weighted by atomic mass is 16.2. The second kappa shape index (κ2) is 6.15. The minimum atomic E-state index is -0.299. The molecule has 0 radical (unpaired) electrons. The molecule has 0 fully saturated rings. The van der Waals surface area contributed by atoms with E-state index in [1.54, 1.807) is 20.3 Å². The molecule has 2 N–H and O–H groups in total. The van der Waals surface area contributed by atoms with Gasteiger partial charge in [-0.1, -0.05) is 0 Å². The lowest BCUT2D eigenvalue weighted by Crippen LogP contribution is -2.34. The quantitative estimate of drug-likeness (QED) is 0.707. The van der Waals surface area contributed by atoms with Gasteiger partial charge in [-0.25, -0.2) is 4.68 Å². The van der Waals surface area contributed by atoms with Crippen LogP contribution in [-0.2, 0) is 11.3 Å². The summed E-state index contributed by atoms with van der Waals surface area (Å²) in [7, 11) is 5.10. The number of hydrogen-bond acceptors (Lipinski definition) is 5. The molecular weight excluding hydrogens is 234 g/mol. The Hall–Kier alpha value is -1.89. The van der Waals surface area contributed by atoms with Crippen molar-refractivity contribution in [2.75, 3.05) is 39.1 Å². The van der Waals surface area contributed by atoms with Gasteiger partial charge in [-0.05, 0) is 0 Å². The first-order valence-corrected chi connectivity index (χ1v) is 5.64. The molecule has 0 aliphatic rings. The highest BCUT2D eigenvalue weighted by Gasteiger charge is 2.09. The highest BCUT2D eigenvalue weighted by molar-refractivity contribution is 5.75. The summed E-state index contributed by atoms with van der Waals surface area (Å²) in [6.45, 7) is 1.09. The van der Waals surface area contributed by atoms with Gasteiger partial charge < -0.3 is 15.5 Å². The number of nitrogens with two attached hydrogens (primary N) is 1. The number of amides is 1. The van der Waals surface area contributed by atoms with Gasteiger partial charge in [-0.2, -0.15) is 5.10 Å². The largest absolute Gasteiger partial charge is 0.372 e. The summed E-state index contributed by atoms with van der Waals surface area (Å²) < 4.78 is 1.14. The smallest absolute Gasteiger partial charge is 0.269 e. The first-order valence-electron chi connectivity index (χ1n) is 5.64. The molecule has 1 heterocycles. The van der Waals surface area contributed by atoms with Crippen molar-refractivity contribution in [1.82, 2.24) is 14.7 Å². The summed E-state index contributed by atoms with van der Waals surface area (Å²) in [6.07, 6.45) is 1.56. The second-order valence-electron chi connectivity index (χ2n) is 4.21. The van der Waals surface area contributed by atoms with Crippen LogP contribution in [0.25, 0.3) is 0 Å². The predicted octanol–water partition coefficient (Wildman–Crippen LogP) is -1.27. The lowest BCUT2D eigenvalue weighted by atomic mass is 10.4. The third-order valence-electron chi connectivity index (χ3n) is 2.54. The predicted molar refractivity (Wildman–Crippen MR) is 69.5 cm³/mol. The fraction of sp³-hybridized carbons (Fsp3) is 0.545. The van der Waals surface area contributed by atoms with Gasteiger partial charge in [0.25, 0.3) is 5.56 Å². The number of hydrogen-bond donors (Lipinski definition) is 1. The third-order valence-corrected chi connectivity index (χ3v) is 2.54. The maximum Gasteiger partial charge on any atom is 0.269 e. The zero-order valence-corrected chi connectivity index (χ0v) is 11.0. The molecule has 1 aromatic heterocycles. The maximum absolute atomic E-state index is 11.8. The molecule has 0 bridgehead atoms. The van der Waals surface area contributed by atoms with Crippen molar-refractivity contribution in [3.63, 3.8) is 0 Å². The van der Waals surface area contributed by atoms with Crippen LogP contribution in [0.15, 0.2) is 17.1 Å². The SMILES string of the molecule is CN(C)C(=O)Cn1ncc(N(C)CCN)cc1=O. The van der Waals surface area contributed by atoms with Crippen LogP contribution in [0.5, 0.6) is 0 Å². The minimum Gasteiger partial charge on any atom is -0.372 e. The summed E-state index contributed by atoms with van der Waals surface area (Å²) >= 11 is 0. The Morgan fingerprint density at radius 2 is 2.11 bits per heavy atom. The molecule has 1 aromatic rings. The van der Waals surface area contributed by atoms with Crippen molar-refractivity contribution < 1.29 is 4.79 Å². The molecule has 100 valence electrons. The van der Waals surface area contributed by atoms with Crippen molar-refractivity contribution in [3.8, 4) is 0 Å². The van der Waals surface area contributed by atoms with Crippen LogP contribution >= 0.6 is 0 Å². The summed E-state index contributed by atoms with van der Waals surface area (Å²) in [5.74, 6) is -0.173. The first-order chi connectivity index (χ1) is 8.45. The van der Waals surface area contributed by atoms with Gasteiger partial charge in [0.2, 0.25) is 5.91 Å². The number of aromatic nitrogens is 2. The minimum absolute atomic E-state index is 0.0489. The number of carbonyl (C=O) groups is 1. The molecule has 0 atom stereocenters. The van der Waals surface area contributed by atoms with E-state index in [2.05, 4.69) is 5.10 Å². The summed E-state index contributed by atoms with van der Waals surface area (Å²) in [4.78, 5) is 26.5. The number of likely N-dealkylation sites (N-methyl/N-ethyl adjacent to an activating group) is 2. The van der Waals surface area contributed by atoms with Crippen LogP contribution in [0.2, 0.25) is 0 Å². The number of anilines is 1. The molecule has 0 aliphatic heterocycles. The van der Waals surface area contributed by atoms with E-state index in [-0.39, 0.29) is 18.0 Å². The molecular formula is C11H19N5O2. The fourth-order valence-electron chi connectivity index (χ4n) is 1.34. The second-order valence-corrected chi connectivity index (χ2v) is 4.21. The monoisotopic (exact) mass is 253 g/mol. The molecule has 7 heteroatoms. The Kier molecular flexibility index (Phi) is 4.85. The van der Waals surface area contributed by atoms with Crippen LogP contribution in [-0.4, -0.2) is 54.8 Å². The molecule has 0 aromatic carbocycles. The standard InChI is InChI=1S/C11H19N5O2/c1-14(2)11(18)8-16-10(17)6-9(7-13-16)15(3)5-4-12/h6-7H,4-5,8,12H2,1-3H3. The van der Waals surface area contributed by atoms with Crippen molar-refractivity contribution in [2.24, 2.45) is 5.73 Å². The first kappa shape index (κ1) is 14.2. The molecule has 1 rings (SSSR count). The molecule has 1 amide bonds. The zero-order chi connectivity index (χ0) is 13.7. The van der Waals surface area contributed by atoms with Crippen molar-refractivity contribution in [2.45, 2.75) is 6.54 Å². The van der Waals surface area contributed by atoms with Crippen LogP contribution in [0, 0.1) is 0 Å². The summed E-state index contributed by atoms with van der Waals surface area (Å²) in [5.41, 5.74) is 5.83. The molecule has 0 saturated heterocycles. The van der Waals surface area contributed by atoms with Crippen LogP contribution in [0.4, 0.5) is 5.69 Å². The van der Waals surface area contributed by atoms with E-state index in [9.17, 15) is 9.59 Å². The Labute approximate surface area is 106 Å².